The molecule has 1 atom stereocenters. The lowest BCUT2D eigenvalue weighted by molar-refractivity contribution is 0.402. The van der Waals surface area contributed by atoms with Crippen molar-refractivity contribution in [1.29, 1.82) is 0 Å². The molecule has 1 aliphatic heterocycles. The summed E-state index contributed by atoms with van der Waals surface area (Å²) in [4.78, 5) is 0. The van der Waals surface area contributed by atoms with E-state index in [-0.39, 0.29) is 0 Å². The number of halogens is 1. The standard InChI is InChI=1S/C14H21ClN2O/c1-18-14-6-2-5-13(15)12(14)10-17-11-4-3-8-16-9-7-11/h2,5-6,11,16-17H,3-4,7-10H2,1H3. The highest BCUT2D eigenvalue weighted by molar-refractivity contribution is 6.31. The van der Waals surface area contributed by atoms with Crippen molar-refractivity contribution in [1.82, 2.24) is 10.6 Å². The van der Waals surface area contributed by atoms with Crippen LogP contribution in [0.5, 0.6) is 5.75 Å². The van der Waals surface area contributed by atoms with Gasteiger partial charge in [0.1, 0.15) is 5.75 Å². The lowest BCUT2D eigenvalue weighted by Gasteiger charge is -2.18. The first-order chi connectivity index (χ1) is 8.81. The Labute approximate surface area is 114 Å². The monoisotopic (exact) mass is 268 g/mol. The lowest BCUT2D eigenvalue weighted by Crippen LogP contribution is -2.29. The third kappa shape index (κ3) is 3.61. The highest BCUT2D eigenvalue weighted by Crippen LogP contribution is 2.26. The predicted molar refractivity (Wildman–Crippen MR) is 75.4 cm³/mol. The number of hydrogen-bond acceptors (Lipinski definition) is 3. The Morgan fingerprint density at radius 2 is 2.28 bits per heavy atom. The SMILES string of the molecule is COc1cccc(Cl)c1CNC1CCCNCC1. The predicted octanol–water partition coefficient (Wildman–Crippen LogP) is 2.58. The van der Waals surface area contributed by atoms with E-state index in [1.165, 1.54) is 19.3 Å². The van der Waals surface area contributed by atoms with E-state index >= 15 is 0 Å². The van der Waals surface area contributed by atoms with Crippen LogP contribution in [0.1, 0.15) is 24.8 Å². The molecule has 1 unspecified atom stereocenters. The van der Waals surface area contributed by atoms with Crippen LogP contribution in [0.15, 0.2) is 18.2 Å². The van der Waals surface area contributed by atoms with E-state index in [0.29, 0.717) is 6.04 Å². The molecule has 0 spiro atoms. The summed E-state index contributed by atoms with van der Waals surface area (Å²) in [6.45, 7) is 3.00. The smallest absolute Gasteiger partial charge is 0.124 e. The van der Waals surface area contributed by atoms with E-state index in [2.05, 4.69) is 10.6 Å². The molecular weight excluding hydrogens is 248 g/mol. The summed E-state index contributed by atoms with van der Waals surface area (Å²) in [5, 5.41) is 7.78. The van der Waals surface area contributed by atoms with Gasteiger partial charge < -0.3 is 15.4 Å². The van der Waals surface area contributed by atoms with Crippen molar-refractivity contribution in [2.45, 2.75) is 31.8 Å². The van der Waals surface area contributed by atoms with Crippen molar-refractivity contribution in [2.24, 2.45) is 0 Å². The zero-order valence-electron chi connectivity index (χ0n) is 10.8. The minimum absolute atomic E-state index is 0.570. The van der Waals surface area contributed by atoms with Gasteiger partial charge in [-0.3, -0.25) is 0 Å². The van der Waals surface area contributed by atoms with Gasteiger partial charge in [-0.1, -0.05) is 17.7 Å². The number of benzene rings is 1. The van der Waals surface area contributed by atoms with E-state index in [0.717, 1.165) is 36.0 Å². The Bertz CT molecular complexity index is 376. The highest BCUT2D eigenvalue weighted by Gasteiger charge is 2.13. The first kappa shape index (κ1) is 13.7. The summed E-state index contributed by atoms with van der Waals surface area (Å²) in [6, 6.07) is 6.36. The molecule has 1 saturated heterocycles. The van der Waals surface area contributed by atoms with Crippen LogP contribution in [-0.4, -0.2) is 26.2 Å². The second kappa shape index (κ2) is 6.98. The van der Waals surface area contributed by atoms with Crippen LogP contribution in [0.3, 0.4) is 0 Å². The molecule has 3 nitrogen and oxygen atoms in total. The van der Waals surface area contributed by atoms with E-state index in [1.807, 2.05) is 18.2 Å². The zero-order valence-corrected chi connectivity index (χ0v) is 11.6. The largest absolute Gasteiger partial charge is 0.496 e. The fourth-order valence-electron chi connectivity index (χ4n) is 2.37. The normalized spacial score (nSPS) is 20.4. The Kier molecular flexibility index (Phi) is 5.29. The van der Waals surface area contributed by atoms with Crippen molar-refractivity contribution in [2.75, 3.05) is 20.2 Å². The lowest BCUT2D eigenvalue weighted by atomic mass is 10.1. The number of hydrogen-bond donors (Lipinski definition) is 2. The molecule has 1 aromatic rings. The molecule has 1 heterocycles. The van der Waals surface area contributed by atoms with Crippen LogP contribution >= 0.6 is 11.6 Å². The van der Waals surface area contributed by atoms with Crippen LogP contribution in [0, 0.1) is 0 Å². The fraction of sp³-hybridized carbons (Fsp3) is 0.571. The molecular formula is C14H21ClN2O. The molecule has 4 heteroatoms. The number of methoxy groups -OCH3 is 1. The zero-order chi connectivity index (χ0) is 12.8. The topological polar surface area (TPSA) is 33.3 Å². The summed E-state index contributed by atoms with van der Waals surface area (Å²) in [6.07, 6.45) is 3.63. The van der Waals surface area contributed by atoms with Gasteiger partial charge >= 0.3 is 0 Å². The molecule has 18 heavy (non-hydrogen) atoms. The summed E-state index contributed by atoms with van der Waals surface area (Å²) in [5.41, 5.74) is 1.05. The minimum Gasteiger partial charge on any atom is -0.496 e. The quantitative estimate of drug-likeness (QED) is 0.881. The third-order valence-electron chi connectivity index (χ3n) is 3.44. The van der Waals surface area contributed by atoms with Crippen LogP contribution in [-0.2, 0) is 6.54 Å². The second-order valence-corrected chi connectivity index (χ2v) is 5.09. The van der Waals surface area contributed by atoms with Gasteiger partial charge in [0, 0.05) is 23.2 Å². The van der Waals surface area contributed by atoms with E-state index in [1.54, 1.807) is 7.11 Å². The van der Waals surface area contributed by atoms with Crippen LogP contribution in [0.25, 0.3) is 0 Å². The molecule has 0 bridgehead atoms. The van der Waals surface area contributed by atoms with Gasteiger partial charge in [0.25, 0.3) is 0 Å². The number of nitrogens with one attached hydrogen (secondary N) is 2. The summed E-state index contributed by atoms with van der Waals surface area (Å²) in [5.74, 6) is 0.863. The Morgan fingerprint density at radius 3 is 3.11 bits per heavy atom. The van der Waals surface area contributed by atoms with Crippen LogP contribution in [0.2, 0.25) is 5.02 Å². The maximum absolute atomic E-state index is 6.23. The minimum atomic E-state index is 0.570. The molecule has 100 valence electrons. The molecule has 0 amide bonds. The highest BCUT2D eigenvalue weighted by atomic mass is 35.5. The van der Waals surface area contributed by atoms with Gasteiger partial charge in [-0.05, 0) is 44.5 Å². The molecule has 1 aliphatic rings. The Balaban J connectivity index is 1.96. The maximum Gasteiger partial charge on any atom is 0.124 e. The van der Waals surface area contributed by atoms with Crippen molar-refractivity contribution in [3.8, 4) is 5.75 Å². The molecule has 0 aromatic heterocycles. The second-order valence-electron chi connectivity index (χ2n) is 4.68. The van der Waals surface area contributed by atoms with Gasteiger partial charge in [-0.15, -0.1) is 0 Å². The van der Waals surface area contributed by atoms with Crippen LogP contribution in [0.4, 0.5) is 0 Å². The molecule has 2 N–H and O–H groups in total. The van der Waals surface area contributed by atoms with E-state index in [4.69, 9.17) is 16.3 Å². The first-order valence-electron chi connectivity index (χ1n) is 6.56. The molecule has 2 rings (SSSR count). The molecule has 1 fully saturated rings. The average molecular weight is 269 g/mol. The Hall–Kier alpha value is -0.770. The third-order valence-corrected chi connectivity index (χ3v) is 3.79. The van der Waals surface area contributed by atoms with Crippen molar-refractivity contribution in [3.05, 3.63) is 28.8 Å². The van der Waals surface area contributed by atoms with Gasteiger partial charge in [-0.25, -0.2) is 0 Å². The van der Waals surface area contributed by atoms with Gasteiger partial charge in [-0.2, -0.15) is 0 Å². The van der Waals surface area contributed by atoms with E-state index in [9.17, 15) is 0 Å². The van der Waals surface area contributed by atoms with Crippen molar-refractivity contribution >= 4 is 11.6 Å². The van der Waals surface area contributed by atoms with E-state index < -0.39 is 0 Å². The van der Waals surface area contributed by atoms with Crippen molar-refractivity contribution < 1.29 is 4.74 Å². The summed E-state index contributed by atoms with van der Waals surface area (Å²) < 4.78 is 5.35. The van der Waals surface area contributed by atoms with Crippen LogP contribution < -0.4 is 15.4 Å². The number of rotatable bonds is 4. The average Bonchev–Trinajstić information content (AvgIpc) is 2.65. The Morgan fingerprint density at radius 1 is 1.39 bits per heavy atom. The molecule has 0 radical (unpaired) electrons. The van der Waals surface area contributed by atoms with Gasteiger partial charge in [0.2, 0.25) is 0 Å². The van der Waals surface area contributed by atoms with Gasteiger partial charge in [0.15, 0.2) is 0 Å². The van der Waals surface area contributed by atoms with Gasteiger partial charge in [0.05, 0.1) is 7.11 Å². The first-order valence-corrected chi connectivity index (χ1v) is 6.94. The maximum atomic E-state index is 6.23. The molecule has 0 saturated carbocycles. The van der Waals surface area contributed by atoms with Crippen molar-refractivity contribution in [3.63, 3.8) is 0 Å². The number of ether oxygens (including phenoxy) is 1. The summed E-state index contributed by atoms with van der Waals surface area (Å²) >= 11 is 6.23. The fourth-order valence-corrected chi connectivity index (χ4v) is 2.60. The molecule has 1 aromatic carbocycles. The summed E-state index contributed by atoms with van der Waals surface area (Å²) in [7, 11) is 1.69. The molecule has 0 aliphatic carbocycles.